The molecule has 1 rings (SSSR count). The lowest BCUT2D eigenvalue weighted by atomic mass is 10.0. The monoisotopic (exact) mass is 331 g/mol. The van der Waals surface area contributed by atoms with Crippen molar-refractivity contribution >= 4 is 33.4 Å². The van der Waals surface area contributed by atoms with Crippen LogP contribution in [0.25, 0.3) is 0 Å². The summed E-state index contributed by atoms with van der Waals surface area (Å²) in [5.74, 6) is 0.301. The third kappa shape index (κ3) is 4.29. The number of alkyl halides is 1. The molecule has 0 saturated heterocycles. The lowest BCUT2D eigenvalue weighted by molar-refractivity contribution is 0.0925. The first-order chi connectivity index (χ1) is 8.45. The third-order valence-corrected chi connectivity index (χ3v) is 3.68. The fourth-order valence-electron chi connectivity index (χ4n) is 1.74. The molecule has 1 amide bonds. The molecule has 1 N–H and O–H groups in total. The summed E-state index contributed by atoms with van der Waals surface area (Å²) in [6.07, 6.45) is 0.910. The first-order valence-electron chi connectivity index (χ1n) is 6.08. The Labute approximate surface area is 122 Å². The van der Waals surface area contributed by atoms with Gasteiger partial charge in [0, 0.05) is 11.4 Å². The fraction of sp³-hybridized carbons (Fsp3) is 0.500. The van der Waals surface area contributed by atoms with Crippen molar-refractivity contribution in [3.8, 4) is 0 Å². The van der Waals surface area contributed by atoms with Gasteiger partial charge in [-0.2, -0.15) is 0 Å². The van der Waals surface area contributed by atoms with Gasteiger partial charge in [-0.25, -0.2) is 0 Å². The van der Waals surface area contributed by atoms with Crippen LogP contribution < -0.4 is 5.32 Å². The van der Waals surface area contributed by atoms with Crippen molar-refractivity contribution < 1.29 is 4.79 Å². The molecule has 1 atom stereocenters. The SMILES string of the molecule is Cc1ccc(C(=O)NC(CCBr)C(C)C)c(Cl)c1. The number of aryl methyl sites for hydroxylation is 1. The summed E-state index contributed by atoms with van der Waals surface area (Å²) in [7, 11) is 0. The Morgan fingerprint density at radius 3 is 2.61 bits per heavy atom. The number of halogens is 2. The van der Waals surface area contributed by atoms with Crippen LogP contribution in [0.15, 0.2) is 18.2 Å². The largest absolute Gasteiger partial charge is 0.349 e. The summed E-state index contributed by atoms with van der Waals surface area (Å²) in [6.45, 7) is 6.16. The second-order valence-corrected chi connectivity index (χ2v) is 5.99. The third-order valence-electron chi connectivity index (χ3n) is 2.91. The van der Waals surface area contributed by atoms with E-state index in [-0.39, 0.29) is 11.9 Å². The van der Waals surface area contributed by atoms with Gasteiger partial charge >= 0.3 is 0 Å². The van der Waals surface area contributed by atoms with Crippen molar-refractivity contribution in [1.29, 1.82) is 0 Å². The maximum absolute atomic E-state index is 12.2. The molecule has 0 radical (unpaired) electrons. The van der Waals surface area contributed by atoms with Crippen LogP contribution in [0.3, 0.4) is 0 Å². The minimum atomic E-state index is -0.0975. The molecule has 0 aliphatic heterocycles. The van der Waals surface area contributed by atoms with Gasteiger partial charge in [-0.15, -0.1) is 0 Å². The van der Waals surface area contributed by atoms with Crippen LogP contribution >= 0.6 is 27.5 Å². The smallest absolute Gasteiger partial charge is 0.253 e. The Bertz CT molecular complexity index is 420. The van der Waals surface area contributed by atoms with Gasteiger partial charge in [0.2, 0.25) is 0 Å². The summed E-state index contributed by atoms with van der Waals surface area (Å²) in [4.78, 5) is 12.2. The summed E-state index contributed by atoms with van der Waals surface area (Å²) < 4.78 is 0. The lowest BCUT2D eigenvalue weighted by Crippen LogP contribution is -2.38. The second-order valence-electron chi connectivity index (χ2n) is 4.78. The molecule has 100 valence electrons. The summed E-state index contributed by atoms with van der Waals surface area (Å²) in [6, 6.07) is 5.65. The maximum atomic E-state index is 12.2. The van der Waals surface area contributed by atoms with Crippen molar-refractivity contribution in [2.75, 3.05) is 5.33 Å². The topological polar surface area (TPSA) is 29.1 Å². The molecule has 0 aromatic heterocycles. The molecule has 1 aromatic carbocycles. The highest BCUT2D eigenvalue weighted by atomic mass is 79.9. The van der Waals surface area contributed by atoms with Gasteiger partial charge in [-0.05, 0) is 37.0 Å². The summed E-state index contributed by atoms with van der Waals surface area (Å²) in [5, 5.41) is 4.42. The van der Waals surface area contributed by atoms with Gasteiger partial charge in [0.15, 0.2) is 0 Å². The maximum Gasteiger partial charge on any atom is 0.253 e. The van der Waals surface area contributed by atoms with Gasteiger partial charge in [0.25, 0.3) is 5.91 Å². The van der Waals surface area contributed by atoms with Gasteiger partial charge < -0.3 is 5.32 Å². The zero-order valence-electron chi connectivity index (χ0n) is 11.0. The van der Waals surface area contributed by atoms with E-state index in [2.05, 4.69) is 35.1 Å². The predicted octanol–water partition coefficient (Wildman–Crippen LogP) is 4.19. The van der Waals surface area contributed by atoms with Crippen LogP contribution in [0.2, 0.25) is 5.02 Å². The molecular weight excluding hydrogens is 314 g/mol. The number of benzene rings is 1. The molecule has 18 heavy (non-hydrogen) atoms. The summed E-state index contributed by atoms with van der Waals surface area (Å²) in [5.41, 5.74) is 1.60. The van der Waals surface area contributed by atoms with Crippen molar-refractivity contribution in [1.82, 2.24) is 5.32 Å². The predicted molar refractivity (Wildman–Crippen MR) is 80.7 cm³/mol. The van der Waals surface area contributed by atoms with Crippen LogP contribution in [0, 0.1) is 12.8 Å². The molecule has 0 aliphatic carbocycles. The Hall–Kier alpha value is -0.540. The number of carbonyl (C=O) groups is 1. The minimum absolute atomic E-state index is 0.0975. The second kappa shape index (κ2) is 7.15. The Morgan fingerprint density at radius 2 is 2.11 bits per heavy atom. The van der Waals surface area contributed by atoms with E-state index in [9.17, 15) is 4.79 Å². The standard InChI is InChI=1S/C14H19BrClNO/c1-9(2)13(6-7-15)17-14(18)11-5-4-10(3)8-12(11)16/h4-5,8-9,13H,6-7H2,1-3H3,(H,17,18). The molecule has 0 saturated carbocycles. The number of carbonyl (C=O) groups excluding carboxylic acids is 1. The molecule has 0 spiro atoms. The van der Waals surface area contributed by atoms with Gasteiger partial charge in [0.05, 0.1) is 10.6 Å². The zero-order valence-corrected chi connectivity index (χ0v) is 13.3. The molecule has 1 aromatic rings. The molecule has 4 heteroatoms. The van der Waals surface area contributed by atoms with Crippen molar-refractivity contribution in [2.24, 2.45) is 5.92 Å². The fourth-order valence-corrected chi connectivity index (χ4v) is 2.55. The van der Waals surface area contributed by atoms with E-state index in [4.69, 9.17) is 11.6 Å². The van der Waals surface area contributed by atoms with Crippen molar-refractivity contribution in [3.05, 3.63) is 34.3 Å². The van der Waals surface area contributed by atoms with E-state index >= 15 is 0 Å². The van der Waals surface area contributed by atoms with Crippen LogP contribution in [-0.4, -0.2) is 17.3 Å². The van der Waals surface area contributed by atoms with Crippen LogP contribution in [-0.2, 0) is 0 Å². The van der Waals surface area contributed by atoms with Crippen LogP contribution in [0.1, 0.15) is 36.2 Å². The van der Waals surface area contributed by atoms with Gasteiger partial charge in [-0.1, -0.05) is 47.4 Å². The molecule has 0 heterocycles. The van der Waals surface area contributed by atoms with E-state index in [1.54, 1.807) is 6.07 Å². The molecule has 0 fully saturated rings. The quantitative estimate of drug-likeness (QED) is 0.805. The molecule has 2 nitrogen and oxygen atoms in total. The highest BCUT2D eigenvalue weighted by molar-refractivity contribution is 9.09. The van der Waals surface area contributed by atoms with Crippen LogP contribution in [0.4, 0.5) is 0 Å². The van der Waals surface area contributed by atoms with E-state index in [1.165, 1.54) is 0 Å². The van der Waals surface area contributed by atoms with Crippen molar-refractivity contribution in [2.45, 2.75) is 33.2 Å². The number of nitrogens with one attached hydrogen (secondary N) is 1. The highest BCUT2D eigenvalue weighted by Gasteiger charge is 2.18. The lowest BCUT2D eigenvalue weighted by Gasteiger charge is -2.21. The number of amides is 1. The Kier molecular flexibility index (Phi) is 6.16. The number of hydrogen-bond acceptors (Lipinski definition) is 1. The highest BCUT2D eigenvalue weighted by Crippen LogP contribution is 2.18. The van der Waals surface area contributed by atoms with Gasteiger partial charge in [-0.3, -0.25) is 4.79 Å². The van der Waals surface area contributed by atoms with Gasteiger partial charge in [0.1, 0.15) is 0 Å². The average molecular weight is 333 g/mol. The molecule has 0 aliphatic rings. The van der Waals surface area contributed by atoms with E-state index in [1.807, 2.05) is 19.1 Å². The normalized spacial score (nSPS) is 12.6. The first kappa shape index (κ1) is 15.5. The van der Waals surface area contributed by atoms with E-state index in [0.717, 1.165) is 17.3 Å². The number of hydrogen-bond donors (Lipinski definition) is 1. The molecular formula is C14H19BrClNO. The zero-order chi connectivity index (χ0) is 13.7. The minimum Gasteiger partial charge on any atom is -0.349 e. The summed E-state index contributed by atoms with van der Waals surface area (Å²) >= 11 is 9.51. The van der Waals surface area contributed by atoms with Crippen LogP contribution in [0.5, 0.6) is 0 Å². The van der Waals surface area contributed by atoms with E-state index in [0.29, 0.717) is 16.5 Å². The van der Waals surface area contributed by atoms with E-state index < -0.39 is 0 Å². The van der Waals surface area contributed by atoms with Crippen molar-refractivity contribution in [3.63, 3.8) is 0 Å². The first-order valence-corrected chi connectivity index (χ1v) is 7.58. The molecule has 0 bridgehead atoms. The Morgan fingerprint density at radius 1 is 1.44 bits per heavy atom. The molecule has 1 unspecified atom stereocenters. The number of rotatable bonds is 5. The average Bonchev–Trinajstić information content (AvgIpc) is 2.27. The Balaban J connectivity index is 2.80.